The lowest BCUT2D eigenvalue weighted by molar-refractivity contribution is 0.0847. The summed E-state index contributed by atoms with van der Waals surface area (Å²) in [5.74, 6) is -6.25. The SMILES string of the molecule is CC(NC(=O)c1ccc(F)c(F)c1F)C(O)c1ccc(F)cc1. The molecule has 2 unspecified atom stereocenters. The fraction of sp³-hybridized carbons (Fsp3) is 0.188. The summed E-state index contributed by atoms with van der Waals surface area (Å²) in [6.45, 7) is 1.43. The van der Waals surface area contributed by atoms with Crippen LogP contribution in [0.2, 0.25) is 0 Å². The molecular formula is C16H13F4NO2. The number of rotatable bonds is 4. The minimum absolute atomic E-state index is 0.338. The molecular weight excluding hydrogens is 314 g/mol. The lowest BCUT2D eigenvalue weighted by Gasteiger charge is -2.21. The van der Waals surface area contributed by atoms with Crippen molar-refractivity contribution in [1.82, 2.24) is 5.32 Å². The van der Waals surface area contributed by atoms with Crippen molar-refractivity contribution in [3.05, 3.63) is 70.8 Å². The Balaban J connectivity index is 2.13. The first kappa shape index (κ1) is 17.0. The van der Waals surface area contributed by atoms with Crippen LogP contribution in [0.1, 0.15) is 28.9 Å². The lowest BCUT2D eigenvalue weighted by Crippen LogP contribution is -2.37. The average molecular weight is 327 g/mol. The van der Waals surface area contributed by atoms with Crippen LogP contribution in [0, 0.1) is 23.3 Å². The van der Waals surface area contributed by atoms with Crippen LogP contribution in [0.5, 0.6) is 0 Å². The maximum absolute atomic E-state index is 13.6. The van der Waals surface area contributed by atoms with Gasteiger partial charge in [-0.05, 0) is 36.8 Å². The number of carbonyl (C=O) groups is 1. The smallest absolute Gasteiger partial charge is 0.254 e. The van der Waals surface area contributed by atoms with E-state index in [2.05, 4.69) is 5.32 Å². The minimum Gasteiger partial charge on any atom is -0.386 e. The molecule has 2 atom stereocenters. The first-order valence-corrected chi connectivity index (χ1v) is 6.69. The maximum Gasteiger partial charge on any atom is 0.254 e. The van der Waals surface area contributed by atoms with Crippen LogP contribution in [0.25, 0.3) is 0 Å². The van der Waals surface area contributed by atoms with E-state index in [0.717, 1.165) is 18.2 Å². The molecule has 0 spiro atoms. The third kappa shape index (κ3) is 3.68. The molecule has 0 fully saturated rings. The van der Waals surface area contributed by atoms with Gasteiger partial charge in [0.2, 0.25) is 0 Å². The summed E-state index contributed by atoms with van der Waals surface area (Å²) in [7, 11) is 0. The van der Waals surface area contributed by atoms with E-state index < -0.39 is 46.9 Å². The fourth-order valence-corrected chi connectivity index (χ4v) is 2.01. The van der Waals surface area contributed by atoms with E-state index in [4.69, 9.17) is 0 Å². The van der Waals surface area contributed by atoms with Crippen LogP contribution in [0.15, 0.2) is 36.4 Å². The van der Waals surface area contributed by atoms with Gasteiger partial charge >= 0.3 is 0 Å². The van der Waals surface area contributed by atoms with E-state index in [1.807, 2.05) is 0 Å². The summed E-state index contributed by atoms with van der Waals surface area (Å²) >= 11 is 0. The third-order valence-electron chi connectivity index (χ3n) is 3.32. The monoisotopic (exact) mass is 327 g/mol. The summed E-state index contributed by atoms with van der Waals surface area (Å²) in [5.41, 5.74) is -0.341. The van der Waals surface area contributed by atoms with Crippen molar-refractivity contribution >= 4 is 5.91 Å². The second-order valence-electron chi connectivity index (χ2n) is 4.98. The van der Waals surface area contributed by atoms with Gasteiger partial charge in [-0.25, -0.2) is 17.6 Å². The number of halogens is 4. The van der Waals surface area contributed by atoms with Gasteiger partial charge in [0.15, 0.2) is 17.5 Å². The fourth-order valence-electron chi connectivity index (χ4n) is 2.01. The molecule has 2 aromatic rings. The molecule has 23 heavy (non-hydrogen) atoms. The van der Waals surface area contributed by atoms with Crippen LogP contribution in [0.3, 0.4) is 0 Å². The summed E-state index contributed by atoms with van der Waals surface area (Å²) < 4.78 is 52.4. The molecule has 0 bridgehead atoms. The molecule has 0 saturated heterocycles. The van der Waals surface area contributed by atoms with Crippen molar-refractivity contribution in [3.8, 4) is 0 Å². The Bertz CT molecular complexity index is 719. The van der Waals surface area contributed by atoms with Gasteiger partial charge < -0.3 is 10.4 Å². The largest absolute Gasteiger partial charge is 0.386 e. The van der Waals surface area contributed by atoms with E-state index in [-0.39, 0.29) is 0 Å². The molecule has 0 aliphatic rings. The van der Waals surface area contributed by atoms with E-state index in [1.165, 1.54) is 19.1 Å². The molecule has 2 rings (SSSR count). The molecule has 0 radical (unpaired) electrons. The highest BCUT2D eigenvalue weighted by Crippen LogP contribution is 2.19. The molecule has 7 heteroatoms. The lowest BCUT2D eigenvalue weighted by atomic mass is 10.0. The summed E-state index contributed by atoms with van der Waals surface area (Å²) in [4.78, 5) is 11.9. The van der Waals surface area contributed by atoms with Crippen LogP contribution in [-0.4, -0.2) is 17.1 Å². The Morgan fingerprint density at radius 2 is 1.61 bits per heavy atom. The number of hydrogen-bond acceptors (Lipinski definition) is 2. The maximum atomic E-state index is 13.6. The topological polar surface area (TPSA) is 49.3 Å². The Kier molecular flexibility index (Phi) is 5.00. The third-order valence-corrected chi connectivity index (χ3v) is 3.32. The zero-order valence-corrected chi connectivity index (χ0v) is 12.0. The number of benzene rings is 2. The zero-order chi connectivity index (χ0) is 17.1. The normalized spacial score (nSPS) is 13.5. The van der Waals surface area contributed by atoms with Crippen molar-refractivity contribution in [2.45, 2.75) is 19.1 Å². The van der Waals surface area contributed by atoms with Crippen LogP contribution >= 0.6 is 0 Å². The molecule has 0 aliphatic carbocycles. The number of nitrogens with one attached hydrogen (secondary N) is 1. The van der Waals surface area contributed by atoms with Crippen LogP contribution in [0.4, 0.5) is 17.6 Å². The minimum atomic E-state index is -1.75. The standard InChI is InChI=1S/C16H13F4NO2/c1-8(15(22)9-2-4-10(17)5-3-9)21-16(23)11-6-7-12(18)14(20)13(11)19/h2-8,15,22H,1H3,(H,21,23). The predicted octanol–water partition coefficient (Wildman–Crippen LogP) is 3.09. The highest BCUT2D eigenvalue weighted by Gasteiger charge is 2.23. The second-order valence-corrected chi connectivity index (χ2v) is 4.98. The van der Waals surface area contributed by atoms with Gasteiger partial charge in [-0.15, -0.1) is 0 Å². The molecule has 3 nitrogen and oxygen atoms in total. The number of hydrogen-bond donors (Lipinski definition) is 2. The molecule has 0 saturated carbocycles. The molecule has 0 aliphatic heterocycles. The summed E-state index contributed by atoms with van der Waals surface area (Å²) in [6, 6.07) is 5.51. The van der Waals surface area contributed by atoms with E-state index in [0.29, 0.717) is 11.6 Å². The summed E-state index contributed by atoms with van der Waals surface area (Å²) in [5, 5.41) is 12.4. The van der Waals surface area contributed by atoms with Crippen LogP contribution < -0.4 is 5.32 Å². The molecule has 2 N–H and O–H groups in total. The average Bonchev–Trinajstić information content (AvgIpc) is 2.52. The van der Waals surface area contributed by atoms with Crippen LogP contribution in [-0.2, 0) is 0 Å². The van der Waals surface area contributed by atoms with Gasteiger partial charge in [0, 0.05) is 0 Å². The molecule has 2 aromatic carbocycles. The predicted molar refractivity (Wildman–Crippen MR) is 74.6 cm³/mol. The zero-order valence-electron chi connectivity index (χ0n) is 12.0. The first-order valence-electron chi connectivity index (χ1n) is 6.69. The number of aliphatic hydroxyl groups is 1. The van der Waals surface area contributed by atoms with Gasteiger partial charge in [-0.1, -0.05) is 12.1 Å². The van der Waals surface area contributed by atoms with Crippen molar-refractivity contribution in [3.63, 3.8) is 0 Å². The second kappa shape index (κ2) is 6.78. The van der Waals surface area contributed by atoms with Gasteiger partial charge in [0.1, 0.15) is 5.82 Å². The highest BCUT2D eigenvalue weighted by molar-refractivity contribution is 5.94. The molecule has 1 amide bonds. The molecule has 0 heterocycles. The number of aliphatic hydroxyl groups excluding tert-OH is 1. The van der Waals surface area contributed by atoms with E-state index >= 15 is 0 Å². The molecule has 122 valence electrons. The van der Waals surface area contributed by atoms with E-state index in [9.17, 15) is 27.5 Å². The van der Waals surface area contributed by atoms with Crippen molar-refractivity contribution in [1.29, 1.82) is 0 Å². The Hall–Kier alpha value is -2.41. The highest BCUT2D eigenvalue weighted by atomic mass is 19.2. The van der Waals surface area contributed by atoms with Crippen molar-refractivity contribution in [2.75, 3.05) is 0 Å². The van der Waals surface area contributed by atoms with Gasteiger partial charge in [-0.3, -0.25) is 4.79 Å². The number of carbonyl (C=O) groups excluding carboxylic acids is 1. The first-order chi connectivity index (χ1) is 10.8. The molecule has 0 aromatic heterocycles. The Labute approximate surface area is 129 Å². The van der Waals surface area contributed by atoms with Gasteiger partial charge in [0.05, 0.1) is 17.7 Å². The van der Waals surface area contributed by atoms with Crippen molar-refractivity contribution < 1.29 is 27.5 Å². The number of amides is 1. The Morgan fingerprint density at radius 1 is 1.00 bits per heavy atom. The Morgan fingerprint density at radius 3 is 2.22 bits per heavy atom. The van der Waals surface area contributed by atoms with Crippen molar-refractivity contribution in [2.24, 2.45) is 0 Å². The van der Waals surface area contributed by atoms with E-state index in [1.54, 1.807) is 0 Å². The quantitative estimate of drug-likeness (QED) is 0.670. The summed E-state index contributed by atoms with van der Waals surface area (Å²) in [6.07, 6.45) is -1.19. The van der Waals surface area contributed by atoms with Gasteiger partial charge in [-0.2, -0.15) is 0 Å². The van der Waals surface area contributed by atoms with Gasteiger partial charge in [0.25, 0.3) is 5.91 Å².